The first-order chi connectivity index (χ1) is 13.1. The lowest BCUT2D eigenvalue weighted by Crippen LogP contribution is -2.51. The summed E-state index contributed by atoms with van der Waals surface area (Å²) in [7, 11) is 1.65. The number of halogens is 1. The highest BCUT2D eigenvalue weighted by atomic mass is 35.5. The van der Waals surface area contributed by atoms with E-state index in [1.54, 1.807) is 18.9 Å². The number of carbonyl (C=O) groups excluding carboxylic acids is 2. The van der Waals surface area contributed by atoms with E-state index in [0.717, 1.165) is 24.8 Å². The number of amides is 2. The third kappa shape index (κ3) is 5.27. The van der Waals surface area contributed by atoms with E-state index >= 15 is 0 Å². The van der Waals surface area contributed by atoms with Crippen LogP contribution in [-0.4, -0.2) is 43.4 Å². The Kier molecular flexibility index (Phi) is 7.21. The molecule has 5 nitrogen and oxygen atoms in total. The molecule has 0 bridgehead atoms. The van der Waals surface area contributed by atoms with Crippen molar-refractivity contribution in [1.29, 1.82) is 0 Å². The van der Waals surface area contributed by atoms with Crippen LogP contribution in [0.4, 0.5) is 0 Å². The van der Waals surface area contributed by atoms with Crippen molar-refractivity contribution in [2.24, 2.45) is 5.92 Å². The molecule has 1 aliphatic carbocycles. The van der Waals surface area contributed by atoms with E-state index in [1.807, 2.05) is 30.3 Å². The third-order valence-electron chi connectivity index (χ3n) is 4.99. The average Bonchev–Trinajstić information content (AvgIpc) is 2.67. The molecule has 0 radical (unpaired) electrons. The maximum absolute atomic E-state index is 12.5. The quantitative estimate of drug-likeness (QED) is 0.560. The lowest BCUT2D eigenvalue weighted by Gasteiger charge is -2.39. The monoisotopic (exact) mass is 408 g/mol. The minimum Gasteiger partial charge on any atom is -0.385 e. The van der Waals surface area contributed by atoms with Crippen molar-refractivity contribution in [3.05, 3.63) is 39.8 Å². The van der Waals surface area contributed by atoms with E-state index < -0.39 is 0 Å². The maximum Gasteiger partial charge on any atom is 0.257 e. The number of nitrogens with one attached hydrogen (secondary N) is 2. The molecule has 146 valence electrons. The predicted octanol–water partition coefficient (Wildman–Crippen LogP) is 3.23. The van der Waals surface area contributed by atoms with Crippen molar-refractivity contribution in [2.45, 2.75) is 37.0 Å². The Morgan fingerprint density at radius 3 is 3.00 bits per heavy atom. The summed E-state index contributed by atoms with van der Waals surface area (Å²) in [5, 5.41) is 7.01. The lowest BCUT2D eigenvalue weighted by molar-refractivity contribution is -0.127. The molecule has 1 aromatic rings. The van der Waals surface area contributed by atoms with Crippen LogP contribution >= 0.6 is 23.4 Å². The molecule has 1 aliphatic heterocycles. The first kappa shape index (κ1) is 20.2. The number of methoxy groups -OCH3 is 1. The average molecular weight is 409 g/mol. The molecule has 1 saturated carbocycles. The fourth-order valence-electron chi connectivity index (χ4n) is 3.54. The maximum atomic E-state index is 12.5. The van der Waals surface area contributed by atoms with Gasteiger partial charge in [-0.25, -0.2) is 0 Å². The van der Waals surface area contributed by atoms with Crippen molar-refractivity contribution in [3.63, 3.8) is 0 Å². The number of thioether (sulfide) groups is 1. The number of benzene rings is 1. The van der Waals surface area contributed by atoms with Crippen LogP contribution in [0.1, 0.15) is 31.2 Å². The van der Waals surface area contributed by atoms with Gasteiger partial charge in [0.2, 0.25) is 5.91 Å². The third-order valence-corrected chi connectivity index (χ3v) is 6.76. The van der Waals surface area contributed by atoms with Gasteiger partial charge in [0.25, 0.3) is 5.91 Å². The Morgan fingerprint density at radius 1 is 1.41 bits per heavy atom. The molecular weight excluding hydrogens is 384 g/mol. The molecule has 0 spiro atoms. The number of hydrogen-bond acceptors (Lipinski definition) is 4. The largest absolute Gasteiger partial charge is 0.385 e. The molecule has 0 aromatic heterocycles. The van der Waals surface area contributed by atoms with Crippen LogP contribution in [0, 0.1) is 5.92 Å². The molecule has 1 saturated heterocycles. The Morgan fingerprint density at radius 2 is 2.22 bits per heavy atom. The van der Waals surface area contributed by atoms with Crippen LogP contribution < -0.4 is 10.6 Å². The molecule has 2 N–H and O–H groups in total. The second kappa shape index (κ2) is 9.62. The number of carbonyl (C=O) groups is 2. The van der Waals surface area contributed by atoms with Gasteiger partial charge in [-0.15, -0.1) is 11.8 Å². The van der Waals surface area contributed by atoms with Gasteiger partial charge in [0, 0.05) is 42.5 Å². The predicted molar refractivity (Wildman–Crippen MR) is 110 cm³/mol. The minimum absolute atomic E-state index is 0.0365. The zero-order valence-corrected chi connectivity index (χ0v) is 16.9. The van der Waals surface area contributed by atoms with Gasteiger partial charge in [-0.2, -0.15) is 0 Å². The van der Waals surface area contributed by atoms with Gasteiger partial charge in [0.15, 0.2) is 0 Å². The fraction of sp³-hybridized carbons (Fsp3) is 0.500. The summed E-state index contributed by atoms with van der Waals surface area (Å²) in [6, 6.07) is 7.53. The van der Waals surface area contributed by atoms with Gasteiger partial charge >= 0.3 is 0 Å². The van der Waals surface area contributed by atoms with Gasteiger partial charge in [0.1, 0.15) is 0 Å². The summed E-state index contributed by atoms with van der Waals surface area (Å²) in [5.41, 5.74) is 0.847. The van der Waals surface area contributed by atoms with E-state index in [1.165, 1.54) is 0 Å². The van der Waals surface area contributed by atoms with Crippen molar-refractivity contribution < 1.29 is 14.3 Å². The van der Waals surface area contributed by atoms with E-state index in [9.17, 15) is 9.59 Å². The second-order valence-corrected chi connectivity index (χ2v) is 8.60. The second-order valence-electron chi connectivity index (χ2n) is 6.91. The van der Waals surface area contributed by atoms with Gasteiger partial charge < -0.3 is 15.4 Å². The molecule has 3 atom stereocenters. The number of ether oxygens (including phenoxy) is 1. The van der Waals surface area contributed by atoms with Crippen molar-refractivity contribution in [3.8, 4) is 0 Å². The highest BCUT2D eigenvalue weighted by molar-refractivity contribution is 8.04. The normalized spacial score (nSPS) is 26.4. The first-order valence-corrected chi connectivity index (χ1v) is 10.5. The zero-order chi connectivity index (χ0) is 19.2. The van der Waals surface area contributed by atoms with Gasteiger partial charge in [-0.05, 0) is 43.4 Å². The number of hydrogen-bond donors (Lipinski definition) is 2. The van der Waals surface area contributed by atoms with Crippen LogP contribution in [0.3, 0.4) is 0 Å². The highest BCUT2D eigenvalue weighted by Gasteiger charge is 2.39. The van der Waals surface area contributed by atoms with E-state index in [4.69, 9.17) is 16.3 Å². The number of fused-ring (bicyclic) bond motifs is 1. The summed E-state index contributed by atoms with van der Waals surface area (Å²) in [4.78, 5) is 25.6. The fourth-order valence-corrected chi connectivity index (χ4v) is 5.01. The molecular formula is C20H25ClN2O3S. The molecule has 7 heteroatoms. The zero-order valence-electron chi connectivity index (χ0n) is 15.4. The smallest absolute Gasteiger partial charge is 0.257 e. The topological polar surface area (TPSA) is 67.4 Å². The van der Waals surface area contributed by atoms with Gasteiger partial charge in [0.05, 0.1) is 4.91 Å². The summed E-state index contributed by atoms with van der Waals surface area (Å²) >= 11 is 7.81. The summed E-state index contributed by atoms with van der Waals surface area (Å²) in [6.07, 6.45) is 5.11. The summed E-state index contributed by atoms with van der Waals surface area (Å²) < 4.78 is 5.00. The van der Waals surface area contributed by atoms with Gasteiger partial charge in [-0.1, -0.05) is 29.8 Å². The Bertz CT molecular complexity index is 725. The van der Waals surface area contributed by atoms with Gasteiger partial charge in [-0.3, -0.25) is 9.59 Å². The van der Waals surface area contributed by atoms with Crippen LogP contribution in [0.2, 0.25) is 5.02 Å². The van der Waals surface area contributed by atoms with E-state index in [2.05, 4.69) is 10.6 Å². The highest BCUT2D eigenvalue weighted by Crippen LogP contribution is 2.40. The number of rotatable bonds is 6. The van der Waals surface area contributed by atoms with Crippen LogP contribution in [-0.2, 0) is 14.3 Å². The van der Waals surface area contributed by atoms with Crippen LogP contribution in [0.25, 0.3) is 6.08 Å². The lowest BCUT2D eigenvalue weighted by atomic mass is 9.84. The Labute approximate surface area is 169 Å². The summed E-state index contributed by atoms with van der Waals surface area (Å²) in [6.45, 7) is 1.27. The molecule has 2 fully saturated rings. The molecule has 3 unspecified atom stereocenters. The van der Waals surface area contributed by atoms with Crippen molar-refractivity contribution in [2.75, 3.05) is 20.3 Å². The van der Waals surface area contributed by atoms with Crippen molar-refractivity contribution in [1.82, 2.24) is 10.6 Å². The molecule has 1 heterocycles. The molecule has 3 rings (SSSR count). The van der Waals surface area contributed by atoms with Crippen LogP contribution in [0.15, 0.2) is 29.2 Å². The standard InChI is InChI=1S/C20H25ClN2O3S/c1-26-10-4-9-22-19(24)14-7-8-17-16(11-14)23-20(25)18(27-17)12-13-5-2-3-6-15(13)21/h2-3,5-6,12,14,16-17H,4,7-11H2,1H3,(H,22,24)(H,23,25)/b18-12-. The van der Waals surface area contributed by atoms with E-state index in [-0.39, 0.29) is 23.8 Å². The Hall–Kier alpha value is -1.50. The molecule has 2 aliphatic rings. The van der Waals surface area contributed by atoms with Crippen LogP contribution in [0.5, 0.6) is 0 Å². The molecule has 27 heavy (non-hydrogen) atoms. The molecule has 2 amide bonds. The van der Waals surface area contributed by atoms with Crippen molar-refractivity contribution >= 4 is 41.3 Å². The first-order valence-electron chi connectivity index (χ1n) is 9.29. The molecule has 1 aromatic carbocycles. The minimum atomic E-state index is -0.0812. The SMILES string of the molecule is COCCCNC(=O)C1CCC2S/C(=C\c3ccccc3Cl)C(=O)NC2C1. The van der Waals surface area contributed by atoms with E-state index in [0.29, 0.717) is 34.8 Å². The Balaban J connectivity index is 1.58. The summed E-state index contributed by atoms with van der Waals surface area (Å²) in [5.74, 6) is -0.0349.